The second-order valence-electron chi connectivity index (χ2n) is 6.65. The van der Waals surface area contributed by atoms with E-state index in [0.717, 1.165) is 6.07 Å². The lowest BCUT2D eigenvalue weighted by Gasteiger charge is -2.27. The number of halogens is 2. The molecule has 1 aromatic rings. The molecule has 0 unspecified atom stereocenters. The van der Waals surface area contributed by atoms with Crippen LogP contribution in [-0.4, -0.2) is 41.2 Å². The lowest BCUT2D eigenvalue weighted by Crippen LogP contribution is -2.46. The van der Waals surface area contributed by atoms with Crippen molar-refractivity contribution < 1.29 is 24.2 Å². The van der Waals surface area contributed by atoms with E-state index in [9.17, 15) is 19.1 Å². The number of carbonyl (C=O) groups is 2. The van der Waals surface area contributed by atoms with E-state index in [2.05, 4.69) is 5.32 Å². The first kappa shape index (κ1) is 20.5. The zero-order valence-electron chi connectivity index (χ0n) is 14.0. The first-order chi connectivity index (χ1) is 11.1. The molecular formula is C17H23ClFNO4. The standard InChI is InChI=1S/C17H23ClFNO4/c1-10(8-20-16(24)15(23)17(2,3)9-21)6-14(22)12-7-11(18)4-5-13(12)19/h4-5,7,10,15,21,23H,6,8-9H2,1-3H3,(H,20,24)/t10-,15+/m1/s1. The molecule has 0 aliphatic carbocycles. The highest BCUT2D eigenvalue weighted by atomic mass is 35.5. The van der Waals surface area contributed by atoms with Crippen molar-refractivity contribution in [2.45, 2.75) is 33.3 Å². The summed E-state index contributed by atoms with van der Waals surface area (Å²) in [6.07, 6.45) is -1.34. The zero-order chi connectivity index (χ0) is 18.5. The van der Waals surface area contributed by atoms with Gasteiger partial charge in [-0.1, -0.05) is 32.4 Å². The average Bonchev–Trinajstić information content (AvgIpc) is 2.53. The number of hydrogen-bond donors (Lipinski definition) is 3. The summed E-state index contributed by atoms with van der Waals surface area (Å²) in [5.74, 6) is -1.93. The van der Waals surface area contributed by atoms with Crippen LogP contribution in [0.3, 0.4) is 0 Å². The lowest BCUT2D eigenvalue weighted by molar-refractivity contribution is -0.137. The minimum atomic E-state index is -1.37. The molecule has 5 nitrogen and oxygen atoms in total. The largest absolute Gasteiger partial charge is 0.396 e. The van der Waals surface area contributed by atoms with Gasteiger partial charge in [0.15, 0.2) is 5.78 Å². The molecule has 24 heavy (non-hydrogen) atoms. The second-order valence-corrected chi connectivity index (χ2v) is 7.09. The number of hydrogen-bond acceptors (Lipinski definition) is 4. The summed E-state index contributed by atoms with van der Waals surface area (Å²) < 4.78 is 13.7. The third kappa shape index (κ3) is 5.54. The Morgan fingerprint density at radius 2 is 2.00 bits per heavy atom. The zero-order valence-corrected chi connectivity index (χ0v) is 14.7. The molecule has 0 bridgehead atoms. The predicted molar refractivity (Wildman–Crippen MR) is 89.4 cm³/mol. The molecule has 0 radical (unpaired) electrons. The van der Waals surface area contributed by atoms with E-state index >= 15 is 0 Å². The number of ketones is 1. The van der Waals surface area contributed by atoms with Gasteiger partial charge in [-0.05, 0) is 24.1 Å². The maximum Gasteiger partial charge on any atom is 0.249 e. The Morgan fingerprint density at radius 3 is 2.58 bits per heavy atom. The van der Waals surface area contributed by atoms with E-state index in [1.165, 1.54) is 12.1 Å². The fraction of sp³-hybridized carbons (Fsp3) is 0.529. The van der Waals surface area contributed by atoms with Crippen LogP contribution < -0.4 is 5.32 Å². The van der Waals surface area contributed by atoms with Gasteiger partial charge in [0.05, 0.1) is 12.2 Å². The summed E-state index contributed by atoms with van der Waals surface area (Å²) in [5.41, 5.74) is -1.05. The van der Waals surface area contributed by atoms with Crippen LogP contribution in [0.2, 0.25) is 5.02 Å². The highest BCUT2D eigenvalue weighted by molar-refractivity contribution is 6.31. The van der Waals surface area contributed by atoms with Gasteiger partial charge in [-0.15, -0.1) is 0 Å². The number of benzene rings is 1. The summed E-state index contributed by atoms with van der Waals surface area (Å²) >= 11 is 5.77. The Hall–Kier alpha value is -1.50. The monoisotopic (exact) mass is 359 g/mol. The van der Waals surface area contributed by atoms with Crippen molar-refractivity contribution >= 4 is 23.3 Å². The molecule has 134 valence electrons. The highest BCUT2D eigenvalue weighted by Crippen LogP contribution is 2.20. The quantitative estimate of drug-likeness (QED) is 0.621. The summed E-state index contributed by atoms with van der Waals surface area (Å²) in [7, 11) is 0. The normalized spacial score (nSPS) is 14.1. The molecule has 0 saturated carbocycles. The number of nitrogens with one attached hydrogen (secondary N) is 1. The van der Waals surface area contributed by atoms with Crippen molar-refractivity contribution in [1.29, 1.82) is 0 Å². The van der Waals surface area contributed by atoms with Crippen molar-refractivity contribution in [3.63, 3.8) is 0 Å². The van der Waals surface area contributed by atoms with Crippen molar-refractivity contribution in [2.24, 2.45) is 11.3 Å². The van der Waals surface area contributed by atoms with Crippen LogP contribution in [-0.2, 0) is 4.79 Å². The predicted octanol–water partition coefficient (Wildman–Crippen LogP) is 2.18. The third-order valence-electron chi connectivity index (χ3n) is 3.78. The van der Waals surface area contributed by atoms with E-state index in [-0.39, 0.29) is 36.1 Å². The fourth-order valence-electron chi connectivity index (χ4n) is 2.02. The molecular weight excluding hydrogens is 337 g/mol. The summed E-state index contributed by atoms with van der Waals surface area (Å²) in [4.78, 5) is 24.0. The molecule has 7 heteroatoms. The minimum absolute atomic E-state index is 0.0248. The SMILES string of the molecule is C[C@@H](CNC(=O)[C@H](O)C(C)(C)CO)CC(=O)c1cc(Cl)ccc1F. The lowest BCUT2D eigenvalue weighted by atomic mass is 9.87. The van der Waals surface area contributed by atoms with Gasteiger partial charge in [0.1, 0.15) is 11.9 Å². The Morgan fingerprint density at radius 1 is 1.38 bits per heavy atom. The molecule has 1 amide bonds. The maximum atomic E-state index is 13.7. The van der Waals surface area contributed by atoms with E-state index in [1.807, 2.05) is 0 Å². The van der Waals surface area contributed by atoms with Gasteiger partial charge in [-0.3, -0.25) is 9.59 Å². The van der Waals surface area contributed by atoms with Crippen LogP contribution in [0.5, 0.6) is 0 Å². The van der Waals surface area contributed by atoms with E-state index in [4.69, 9.17) is 16.7 Å². The second kappa shape index (κ2) is 8.55. The Kier molecular flexibility index (Phi) is 7.32. The number of amides is 1. The number of aliphatic hydroxyl groups is 2. The van der Waals surface area contributed by atoms with Crippen LogP contribution in [0, 0.1) is 17.2 Å². The molecule has 0 aliphatic heterocycles. The van der Waals surface area contributed by atoms with Crippen LogP contribution in [0.4, 0.5) is 4.39 Å². The molecule has 0 heterocycles. The first-order valence-electron chi connectivity index (χ1n) is 7.63. The molecule has 3 N–H and O–H groups in total. The number of aliphatic hydroxyl groups excluding tert-OH is 2. The van der Waals surface area contributed by atoms with Crippen molar-refractivity contribution in [3.05, 3.63) is 34.6 Å². The Bertz CT molecular complexity index is 606. The number of rotatable bonds is 8. The molecule has 1 rings (SSSR count). The number of Topliss-reactive ketones (excluding diaryl/α,β-unsaturated/α-hetero) is 1. The van der Waals surface area contributed by atoms with Gasteiger partial charge < -0.3 is 15.5 Å². The molecule has 0 fully saturated rings. The topological polar surface area (TPSA) is 86.6 Å². The molecule has 1 aromatic carbocycles. The Labute approximate surface area is 145 Å². The van der Waals surface area contributed by atoms with Crippen LogP contribution >= 0.6 is 11.6 Å². The van der Waals surface area contributed by atoms with E-state index in [0.29, 0.717) is 0 Å². The van der Waals surface area contributed by atoms with Gasteiger partial charge in [-0.25, -0.2) is 4.39 Å². The highest BCUT2D eigenvalue weighted by Gasteiger charge is 2.33. The van der Waals surface area contributed by atoms with Gasteiger partial charge in [0, 0.05) is 23.4 Å². The maximum absolute atomic E-state index is 13.7. The van der Waals surface area contributed by atoms with E-state index < -0.39 is 29.0 Å². The molecule has 0 aliphatic rings. The molecule has 0 saturated heterocycles. The number of carbonyl (C=O) groups excluding carboxylic acids is 2. The van der Waals surface area contributed by atoms with E-state index in [1.54, 1.807) is 20.8 Å². The Balaban J connectivity index is 2.57. The molecule has 0 spiro atoms. The minimum Gasteiger partial charge on any atom is -0.396 e. The van der Waals surface area contributed by atoms with Gasteiger partial charge >= 0.3 is 0 Å². The van der Waals surface area contributed by atoms with Crippen LogP contribution in [0.15, 0.2) is 18.2 Å². The van der Waals surface area contributed by atoms with Crippen LogP contribution in [0.1, 0.15) is 37.6 Å². The smallest absolute Gasteiger partial charge is 0.249 e. The van der Waals surface area contributed by atoms with Crippen molar-refractivity contribution in [1.82, 2.24) is 5.32 Å². The molecule has 2 atom stereocenters. The summed E-state index contributed by atoms with van der Waals surface area (Å²) in [6, 6.07) is 3.77. The fourth-order valence-corrected chi connectivity index (χ4v) is 2.19. The van der Waals surface area contributed by atoms with Crippen LogP contribution in [0.25, 0.3) is 0 Å². The molecule has 0 aromatic heterocycles. The van der Waals surface area contributed by atoms with Gasteiger partial charge in [0.2, 0.25) is 5.91 Å². The van der Waals surface area contributed by atoms with Gasteiger partial charge in [0.25, 0.3) is 0 Å². The first-order valence-corrected chi connectivity index (χ1v) is 8.01. The third-order valence-corrected chi connectivity index (χ3v) is 4.02. The van der Waals surface area contributed by atoms with Crippen molar-refractivity contribution in [3.8, 4) is 0 Å². The van der Waals surface area contributed by atoms with Gasteiger partial charge in [-0.2, -0.15) is 0 Å². The average molecular weight is 360 g/mol. The summed E-state index contributed by atoms with van der Waals surface area (Å²) in [6.45, 7) is 4.65. The summed E-state index contributed by atoms with van der Waals surface area (Å²) in [5, 5.41) is 21.8. The van der Waals surface area contributed by atoms with Crippen molar-refractivity contribution in [2.75, 3.05) is 13.2 Å².